The summed E-state index contributed by atoms with van der Waals surface area (Å²) >= 11 is 18.7. The zero-order valence-corrected chi connectivity index (χ0v) is 24.4. The highest BCUT2D eigenvalue weighted by atomic mass is 35.5. The summed E-state index contributed by atoms with van der Waals surface area (Å²) in [6.45, 7) is 2.54. The van der Waals surface area contributed by atoms with Gasteiger partial charge in [-0.1, -0.05) is 65.1 Å². The fourth-order valence-corrected chi connectivity index (χ4v) is 6.35. The van der Waals surface area contributed by atoms with Crippen LogP contribution in [0, 0.1) is 6.92 Å². The molecule has 1 amide bonds. The van der Waals surface area contributed by atoms with Crippen LogP contribution in [0.15, 0.2) is 77.7 Å². The molecule has 1 aromatic heterocycles. The second kappa shape index (κ2) is 11.9. The smallest absolute Gasteiger partial charge is 0.283 e. The van der Waals surface area contributed by atoms with Gasteiger partial charge in [-0.15, -0.1) is 0 Å². The lowest BCUT2D eigenvalue weighted by Gasteiger charge is -2.32. The van der Waals surface area contributed by atoms with Crippen molar-refractivity contribution in [1.29, 1.82) is 0 Å². The van der Waals surface area contributed by atoms with E-state index in [1.807, 2.05) is 12.1 Å². The Morgan fingerprint density at radius 2 is 1.70 bits per heavy atom. The monoisotopic (exact) mass is 618 g/mol. The van der Waals surface area contributed by atoms with Crippen molar-refractivity contribution in [2.75, 3.05) is 13.1 Å². The Labute approximate surface area is 247 Å². The molecule has 0 bridgehead atoms. The van der Waals surface area contributed by atoms with E-state index >= 15 is 0 Å². The Bertz CT molecular complexity index is 1640. The number of benzene rings is 3. The first-order valence-corrected chi connectivity index (χ1v) is 15.0. The number of nitrogens with zero attached hydrogens (tertiary/aromatic N) is 3. The minimum Gasteiger partial charge on any atom is -0.283 e. The first-order chi connectivity index (χ1) is 19.1. The van der Waals surface area contributed by atoms with E-state index in [1.54, 1.807) is 65.1 Å². The van der Waals surface area contributed by atoms with Crippen LogP contribution < -0.4 is 5.43 Å². The Morgan fingerprint density at radius 3 is 2.40 bits per heavy atom. The van der Waals surface area contributed by atoms with Gasteiger partial charge in [-0.25, -0.2) is 9.69 Å². The molecule has 1 fully saturated rings. The summed E-state index contributed by atoms with van der Waals surface area (Å²) in [6.07, 6.45) is 0.566. The van der Waals surface area contributed by atoms with Crippen LogP contribution in [0.1, 0.15) is 28.9 Å². The molecule has 3 aromatic carbocycles. The lowest BCUT2D eigenvalue weighted by molar-refractivity contribution is 0.0482. The molecule has 0 radical (unpaired) electrons. The molecule has 0 spiro atoms. The van der Waals surface area contributed by atoms with Gasteiger partial charge in [0, 0.05) is 34.3 Å². The lowest BCUT2D eigenvalue weighted by atomic mass is 10.1. The van der Waals surface area contributed by atoms with Crippen LogP contribution in [0.5, 0.6) is 0 Å². The van der Waals surface area contributed by atoms with Crippen LogP contribution >= 0.6 is 34.8 Å². The zero-order valence-electron chi connectivity index (χ0n) is 21.4. The number of amides is 1. The largest absolute Gasteiger partial charge is 0.297 e. The van der Waals surface area contributed by atoms with Gasteiger partial charge in [0.2, 0.25) is 0 Å². The van der Waals surface area contributed by atoms with E-state index in [0.717, 1.165) is 5.56 Å². The molecule has 1 aliphatic rings. The first kappa shape index (κ1) is 28.6. The quantitative estimate of drug-likeness (QED) is 0.243. The summed E-state index contributed by atoms with van der Waals surface area (Å²) in [5.74, 6) is -0.442. The van der Waals surface area contributed by atoms with Gasteiger partial charge in [-0.2, -0.15) is 13.5 Å². The van der Waals surface area contributed by atoms with E-state index in [2.05, 4.69) is 10.5 Å². The lowest BCUT2D eigenvalue weighted by Crippen LogP contribution is -2.50. The SMILES string of the molecule is Cc1c(C(=O)NN2CCC[C@H](OS(=O)(=O)c3ccccc3)C2)nn(-c2ccc(Cl)cc2Cl)c1-c1ccc(Cl)cc1. The third-order valence-electron chi connectivity index (χ3n) is 6.53. The molecule has 1 atom stereocenters. The molecule has 40 heavy (non-hydrogen) atoms. The van der Waals surface area contributed by atoms with Crippen LogP contribution in [0.25, 0.3) is 16.9 Å². The molecule has 1 saturated heterocycles. The summed E-state index contributed by atoms with van der Waals surface area (Å²) in [4.78, 5) is 13.6. The van der Waals surface area contributed by atoms with Crippen LogP contribution in [-0.2, 0) is 14.3 Å². The van der Waals surface area contributed by atoms with Gasteiger partial charge in [-0.3, -0.25) is 14.4 Å². The molecule has 0 saturated carbocycles. The molecular weight excluding hydrogens is 595 g/mol. The van der Waals surface area contributed by atoms with E-state index in [9.17, 15) is 13.2 Å². The molecule has 0 unspecified atom stereocenters. The van der Waals surface area contributed by atoms with Gasteiger partial charge >= 0.3 is 0 Å². The molecule has 1 N–H and O–H groups in total. The van der Waals surface area contributed by atoms with Gasteiger partial charge in [0.25, 0.3) is 16.0 Å². The Hall–Kier alpha value is -2.92. The number of hydrogen-bond acceptors (Lipinski definition) is 6. The standard InChI is InChI=1S/C28H25Cl3N4O4S/c1-18-26(28(36)33-34-15-5-6-22(17-34)39-40(37,38)23-7-3-2-4-8-23)32-35(25-14-13-21(30)16-24(25)31)27(18)19-9-11-20(29)12-10-19/h2-4,7-14,16,22H,5-6,15,17H2,1H3,(H,33,36)/t22-/m0/s1. The number of carbonyl (C=O) groups excluding carboxylic acids is 1. The third-order valence-corrected chi connectivity index (χ3v) is 8.69. The molecule has 0 aliphatic carbocycles. The van der Waals surface area contributed by atoms with Crippen molar-refractivity contribution in [3.05, 3.63) is 99.1 Å². The number of rotatable bonds is 7. The van der Waals surface area contributed by atoms with Crippen LogP contribution in [0.4, 0.5) is 0 Å². The molecule has 2 heterocycles. The van der Waals surface area contributed by atoms with Crippen molar-refractivity contribution in [3.8, 4) is 16.9 Å². The van der Waals surface area contributed by atoms with Crippen molar-refractivity contribution in [2.45, 2.75) is 30.8 Å². The number of carbonyl (C=O) groups is 1. The number of halogens is 3. The maximum atomic E-state index is 13.5. The van der Waals surface area contributed by atoms with Gasteiger partial charge in [-0.05, 0) is 62.2 Å². The van der Waals surface area contributed by atoms with Crippen LogP contribution in [0.2, 0.25) is 15.1 Å². The Balaban J connectivity index is 1.40. The van der Waals surface area contributed by atoms with Gasteiger partial charge in [0.15, 0.2) is 5.69 Å². The number of hydrogen-bond donors (Lipinski definition) is 1. The zero-order chi connectivity index (χ0) is 28.4. The topological polar surface area (TPSA) is 93.5 Å². The average molecular weight is 620 g/mol. The molecule has 208 valence electrons. The summed E-state index contributed by atoms with van der Waals surface area (Å²) in [6, 6.07) is 20.2. The fourth-order valence-electron chi connectivity index (χ4n) is 4.62. The van der Waals surface area contributed by atoms with E-state index in [0.29, 0.717) is 51.4 Å². The van der Waals surface area contributed by atoms with Crippen LogP contribution in [0.3, 0.4) is 0 Å². The van der Waals surface area contributed by atoms with Crippen molar-refractivity contribution < 1.29 is 17.4 Å². The number of nitrogens with one attached hydrogen (secondary N) is 1. The van der Waals surface area contributed by atoms with Gasteiger partial charge in [0.05, 0.1) is 27.4 Å². The van der Waals surface area contributed by atoms with E-state index in [4.69, 9.17) is 39.0 Å². The van der Waals surface area contributed by atoms with Crippen molar-refractivity contribution in [3.63, 3.8) is 0 Å². The van der Waals surface area contributed by atoms with Crippen molar-refractivity contribution in [2.24, 2.45) is 0 Å². The number of piperidine rings is 1. The number of hydrazine groups is 1. The molecular formula is C28H25Cl3N4O4S. The predicted molar refractivity (Wildman–Crippen MR) is 156 cm³/mol. The number of aromatic nitrogens is 2. The van der Waals surface area contributed by atoms with E-state index in [-0.39, 0.29) is 17.1 Å². The highest BCUT2D eigenvalue weighted by molar-refractivity contribution is 7.86. The van der Waals surface area contributed by atoms with Gasteiger partial charge < -0.3 is 0 Å². The fraction of sp³-hybridized carbons (Fsp3) is 0.214. The molecule has 1 aliphatic heterocycles. The van der Waals surface area contributed by atoms with Crippen molar-refractivity contribution in [1.82, 2.24) is 20.2 Å². The summed E-state index contributed by atoms with van der Waals surface area (Å²) in [7, 11) is -3.93. The second-order valence-electron chi connectivity index (χ2n) is 9.35. The van der Waals surface area contributed by atoms with Gasteiger partial charge in [0.1, 0.15) is 0 Å². The Kier molecular flexibility index (Phi) is 8.51. The normalized spacial score (nSPS) is 16.1. The highest BCUT2D eigenvalue weighted by Crippen LogP contribution is 2.33. The predicted octanol–water partition coefficient (Wildman–Crippen LogP) is 6.32. The molecule has 8 nitrogen and oxygen atoms in total. The summed E-state index contributed by atoms with van der Waals surface area (Å²) in [5.41, 5.74) is 5.70. The summed E-state index contributed by atoms with van der Waals surface area (Å²) < 4.78 is 32.5. The van der Waals surface area contributed by atoms with E-state index < -0.39 is 22.1 Å². The minimum atomic E-state index is -3.93. The van der Waals surface area contributed by atoms with Crippen molar-refractivity contribution >= 4 is 50.8 Å². The summed E-state index contributed by atoms with van der Waals surface area (Å²) in [5, 5.41) is 7.72. The molecule has 12 heteroatoms. The highest BCUT2D eigenvalue weighted by Gasteiger charge is 2.29. The molecule has 5 rings (SSSR count). The third kappa shape index (κ3) is 6.20. The maximum Gasteiger partial charge on any atom is 0.297 e. The minimum absolute atomic E-state index is 0.0907. The second-order valence-corrected chi connectivity index (χ2v) is 12.2. The molecule has 4 aromatic rings. The maximum absolute atomic E-state index is 13.5. The Morgan fingerprint density at radius 1 is 1.00 bits per heavy atom. The van der Waals surface area contributed by atoms with Crippen LogP contribution in [-0.4, -0.2) is 48.3 Å². The van der Waals surface area contributed by atoms with E-state index in [1.165, 1.54) is 12.1 Å². The first-order valence-electron chi connectivity index (χ1n) is 12.5. The average Bonchev–Trinajstić information content (AvgIpc) is 3.26.